The van der Waals surface area contributed by atoms with Gasteiger partial charge in [0.25, 0.3) is 0 Å². The van der Waals surface area contributed by atoms with Crippen molar-refractivity contribution in [2.75, 3.05) is 11.1 Å². The third-order valence-electron chi connectivity index (χ3n) is 5.40. The van der Waals surface area contributed by atoms with Crippen molar-refractivity contribution >= 4 is 39.7 Å². The van der Waals surface area contributed by atoms with E-state index in [2.05, 4.69) is 32.2 Å². The molecule has 6 heteroatoms. The normalized spacial score (nSPS) is 17.5. The molecule has 0 saturated heterocycles. The number of nitrogens with two attached hydrogens (primary N) is 1. The highest BCUT2D eigenvalue weighted by Gasteiger charge is 2.32. The molecule has 2 aromatic rings. The molecule has 3 N–H and O–H groups in total. The van der Waals surface area contributed by atoms with Crippen molar-refractivity contribution in [1.29, 1.82) is 5.26 Å². The number of amides is 1. The summed E-state index contributed by atoms with van der Waals surface area (Å²) >= 11 is 3.07. The maximum absolute atomic E-state index is 12.7. The van der Waals surface area contributed by atoms with E-state index in [1.807, 2.05) is 31.2 Å². The van der Waals surface area contributed by atoms with Gasteiger partial charge in [-0.05, 0) is 67.3 Å². The van der Waals surface area contributed by atoms with E-state index >= 15 is 0 Å². The van der Waals surface area contributed by atoms with Gasteiger partial charge in [-0.1, -0.05) is 20.8 Å². The number of nitrogens with zero attached hydrogens (tertiary/aromatic N) is 1. The van der Waals surface area contributed by atoms with Gasteiger partial charge < -0.3 is 11.1 Å². The summed E-state index contributed by atoms with van der Waals surface area (Å²) in [5, 5.41) is 13.1. The van der Waals surface area contributed by atoms with E-state index in [4.69, 9.17) is 5.73 Å². The van der Waals surface area contributed by atoms with Crippen LogP contribution in [0.4, 0.5) is 10.7 Å². The summed E-state index contributed by atoms with van der Waals surface area (Å²) in [5.41, 5.74) is 8.48. The van der Waals surface area contributed by atoms with Crippen LogP contribution in [0.1, 0.15) is 50.1 Å². The minimum absolute atomic E-state index is 0.0794. The Morgan fingerprint density at radius 1 is 1.36 bits per heavy atom. The number of hydrogen-bond acceptors (Lipinski definition) is 5. The molecule has 3 rings (SSSR count). The first-order valence-electron chi connectivity index (χ1n) is 9.56. The number of thioether (sulfide) groups is 1. The molecule has 1 aromatic heterocycles. The molecule has 1 heterocycles. The molecule has 1 amide bonds. The average Bonchev–Trinajstić information content (AvgIpc) is 2.98. The molecule has 0 saturated carbocycles. The summed E-state index contributed by atoms with van der Waals surface area (Å²) in [7, 11) is 0. The topological polar surface area (TPSA) is 78.9 Å². The molecule has 0 fully saturated rings. The second kappa shape index (κ2) is 8.18. The number of fused-ring (bicyclic) bond motifs is 1. The molecular formula is C22H27N3OS2. The quantitative estimate of drug-likeness (QED) is 0.514. The Balaban J connectivity index is 1.73. The zero-order valence-electron chi connectivity index (χ0n) is 16.8. The zero-order valence-corrected chi connectivity index (χ0v) is 18.5. The highest BCUT2D eigenvalue weighted by atomic mass is 32.2. The largest absolute Gasteiger partial charge is 0.399 e. The van der Waals surface area contributed by atoms with Crippen LogP contribution in [0.15, 0.2) is 29.2 Å². The second-order valence-corrected chi connectivity index (χ2v) is 11.0. The van der Waals surface area contributed by atoms with Crippen LogP contribution in [0.25, 0.3) is 0 Å². The van der Waals surface area contributed by atoms with Gasteiger partial charge in [-0.3, -0.25) is 4.79 Å². The van der Waals surface area contributed by atoms with Crippen molar-refractivity contribution < 1.29 is 4.79 Å². The third-order valence-corrected chi connectivity index (χ3v) is 7.68. The standard InChI is InChI=1S/C22H27N3OS2/c1-13(27-16-8-6-15(24)7-9-16)20(26)25-21-18(12-23)17-10-5-14(22(2,3)4)11-19(17)28-21/h6-9,13-14H,5,10-11,24H2,1-4H3,(H,25,26). The molecular weight excluding hydrogens is 386 g/mol. The lowest BCUT2D eigenvalue weighted by Crippen LogP contribution is -2.26. The van der Waals surface area contributed by atoms with E-state index in [0.29, 0.717) is 22.2 Å². The monoisotopic (exact) mass is 413 g/mol. The molecule has 0 aliphatic heterocycles. The van der Waals surface area contributed by atoms with E-state index in [9.17, 15) is 10.1 Å². The molecule has 2 atom stereocenters. The van der Waals surface area contributed by atoms with Crippen molar-refractivity contribution in [3.63, 3.8) is 0 Å². The number of nitrogen functional groups attached to an aromatic ring is 1. The number of carbonyl (C=O) groups is 1. The lowest BCUT2D eigenvalue weighted by molar-refractivity contribution is -0.115. The Morgan fingerprint density at radius 2 is 2.04 bits per heavy atom. The minimum Gasteiger partial charge on any atom is -0.399 e. The van der Waals surface area contributed by atoms with E-state index < -0.39 is 0 Å². The van der Waals surface area contributed by atoms with Crippen LogP contribution >= 0.6 is 23.1 Å². The molecule has 1 aliphatic rings. The highest BCUT2D eigenvalue weighted by molar-refractivity contribution is 8.00. The van der Waals surface area contributed by atoms with Crippen LogP contribution in [0.5, 0.6) is 0 Å². The molecule has 0 spiro atoms. The molecule has 148 valence electrons. The fourth-order valence-corrected chi connectivity index (χ4v) is 5.70. The Bertz CT molecular complexity index is 904. The van der Waals surface area contributed by atoms with E-state index in [-0.39, 0.29) is 16.6 Å². The predicted molar refractivity (Wildman–Crippen MR) is 119 cm³/mol. The maximum Gasteiger partial charge on any atom is 0.238 e. The molecule has 1 aliphatic carbocycles. The van der Waals surface area contributed by atoms with Crippen LogP contribution in [0, 0.1) is 22.7 Å². The number of carbonyl (C=O) groups excluding carboxylic acids is 1. The SMILES string of the molecule is CC(Sc1ccc(N)cc1)C(=O)Nc1sc2c(c1C#N)CCC(C(C)(C)C)C2. The lowest BCUT2D eigenvalue weighted by atomic mass is 9.72. The Kier molecular flexibility index (Phi) is 6.07. The fourth-order valence-electron chi connectivity index (χ4n) is 3.55. The van der Waals surface area contributed by atoms with Crippen molar-refractivity contribution in [3.8, 4) is 6.07 Å². The van der Waals surface area contributed by atoms with Crippen LogP contribution in [0.3, 0.4) is 0 Å². The smallest absolute Gasteiger partial charge is 0.238 e. The second-order valence-electron chi connectivity index (χ2n) is 8.44. The number of nitriles is 1. The van der Waals surface area contributed by atoms with Gasteiger partial charge in [0, 0.05) is 15.5 Å². The summed E-state index contributed by atoms with van der Waals surface area (Å²) < 4.78 is 0. The van der Waals surface area contributed by atoms with Gasteiger partial charge in [-0.2, -0.15) is 5.26 Å². The van der Waals surface area contributed by atoms with Gasteiger partial charge in [-0.25, -0.2) is 0 Å². The number of thiophene rings is 1. The Hall–Kier alpha value is -1.97. The molecule has 4 nitrogen and oxygen atoms in total. The van der Waals surface area contributed by atoms with Gasteiger partial charge in [-0.15, -0.1) is 23.1 Å². The van der Waals surface area contributed by atoms with Crippen molar-refractivity contribution in [2.45, 2.75) is 57.1 Å². The molecule has 28 heavy (non-hydrogen) atoms. The molecule has 0 radical (unpaired) electrons. The van der Waals surface area contributed by atoms with E-state index in [1.165, 1.54) is 16.6 Å². The van der Waals surface area contributed by atoms with Crippen LogP contribution < -0.4 is 11.1 Å². The summed E-state index contributed by atoms with van der Waals surface area (Å²) in [6.45, 7) is 8.71. The summed E-state index contributed by atoms with van der Waals surface area (Å²) in [6.07, 6.45) is 3.00. The summed E-state index contributed by atoms with van der Waals surface area (Å²) in [5.74, 6) is 0.526. The molecule has 0 bridgehead atoms. The van der Waals surface area contributed by atoms with Crippen molar-refractivity contribution in [2.24, 2.45) is 11.3 Å². The van der Waals surface area contributed by atoms with E-state index in [1.54, 1.807) is 11.3 Å². The number of anilines is 2. The highest BCUT2D eigenvalue weighted by Crippen LogP contribution is 2.44. The fraction of sp³-hybridized carbons (Fsp3) is 0.455. The number of rotatable bonds is 4. The van der Waals surface area contributed by atoms with Gasteiger partial charge >= 0.3 is 0 Å². The van der Waals surface area contributed by atoms with Gasteiger partial charge in [0.15, 0.2) is 0 Å². The molecule has 2 unspecified atom stereocenters. The minimum atomic E-state index is -0.267. The first kappa shape index (κ1) is 20.8. The summed E-state index contributed by atoms with van der Waals surface area (Å²) in [4.78, 5) is 15.0. The van der Waals surface area contributed by atoms with Crippen LogP contribution in [-0.2, 0) is 17.6 Å². The number of hydrogen-bond donors (Lipinski definition) is 2. The summed E-state index contributed by atoms with van der Waals surface area (Å²) in [6, 6.07) is 9.83. The van der Waals surface area contributed by atoms with Gasteiger partial charge in [0.05, 0.1) is 10.8 Å². The lowest BCUT2D eigenvalue weighted by Gasteiger charge is -2.33. The zero-order chi connectivity index (χ0) is 20.5. The van der Waals surface area contributed by atoms with Crippen LogP contribution in [-0.4, -0.2) is 11.2 Å². The average molecular weight is 414 g/mol. The Morgan fingerprint density at radius 3 is 2.64 bits per heavy atom. The predicted octanol–water partition coefficient (Wildman–Crippen LogP) is 5.47. The van der Waals surface area contributed by atoms with E-state index in [0.717, 1.165) is 29.7 Å². The molecule has 1 aromatic carbocycles. The number of benzene rings is 1. The van der Waals surface area contributed by atoms with Gasteiger partial charge in [0.1, 0.15) is 11.1 Å². The van der Waals surface area contributed by atoms with Gasteiger partial charge in [0.2, 0.25) is 5.91 Å². The number of nitrogens with one attached hydrogen (secondary N) is 1. The van der Waals surface area contributed by atoms with Crippen molar-refractivity contribution in [3.05, 3.63) is 40.3 Å². The Labute approximate surface area is 175 Å². The third kappa shape index (κ3) is 4.53. The first-order chi connectivity index (χ1) is 13.2. The maximum atomic E-state index is 12.7. The van der Waals surface area contributed by atoms with Crippen molar-refractivity contribution in [1.82, 2.24) is 0 Å². The first-order valence-corrected chi connectivity index (χ1v) is 11.3. The van der Waals surface area contributed by atoms with Crippen LogP contribution in [0.2, 0.25) is 0 Å².